The van der Waals surface area contributed by atoms with E-state index >= 15 is 0 Å². The van der Waals surface area contributed by atoms with Crippen LogP contribution in [0.25, 0.3) is 0 Å². The van der Waals surface area contributed by atoms with Crippen LogP contribution in [0.1, 0.15) is 29.0 Å². The van der Waals surface area contributed by atoms with E-state index in [-0.39, 0.29) is 11.9 Å². The highest BCUT2D eigenvalue weighted by atomic mass is 32.1. The Hall–Kier alpha value is -3.13. The first-order valence-electron chi connectivity index (χ1n) is 9.55. The number of carbonyl (C=O) groups excluding carboxylic acids is 2. The molecule has 1 fully saturated rings. The van der Waals surface area contributed by atoms with Gasteiger partial charge in [0.2, 0.25) is 5.91 Å². The molecule has 7 nitrogen and oxygen atoms in total. The Morgan fingerprint density at radius 2 is 2.07 bits per heavy atom. The van der Waals surface area contributed by atoms with Crippen molar-refractivity contribution in [2.45, 2.75) is 31.8 Å². The maximum absolute atomic E-state index is 12.7. The highest BCUT2D eigenvalue weighted by Crippen LogP contribution is 2.23. The number of amides is 3. The smallest absolute Gasteiger partial charge is 0.324 e. The monoisotopic (exact) mass is 410 g/mol. The number of benzene rings is 1. The summed E-state index contributed by atoms with van der Waals surface area (Å²) in [5, 5.41) is 6.22. The second kappa shape index (κ2) is 8.91. The third kappa shape index (κ3) is 4.83. The van der Waals surface area contributed by atoms with Crippen molar-refractivity contribution in [2.24, 2.45) is 0 Å². The molecule has 0 spiro atoms. The minimum absolute atomic E-state index is 0.169. The molecule has 29 heavy (non-hydrogen) atoms. The molecule has 3 heterocycles. The fourth-order valence-corrected chi connectivity index (χ4v) is 4.23. The number of thiazole rings is 1. The molecule has 1 aromatic carbocycles. The van der Waals surface area contributed by atoms with Crippen molar-refractivity contribution in [3.05, 3.63) is 71.1 Å². The van der Waals surface area contributed by atoms with Gasteiger partial charge in [-0.15, -0.1) is 11.3 Å². The van der Waals surface area contributed by atoms with Crippen molar-refractivity contribution >= 4 is 28.4 Å². The molecule has 1 saturated heterocycles. The number of likely N-dealkylation sites (tertiary alicyclic amines) is 1. The van der Waals surface area contributed by atoms with Gasteiger partial charge in [0.15, 0.2) is 5.13 Å². The van der Waals surface area contributed by atoms with Crippen LogP contribution in [-0.4, -0.2) is 34.4 Å². The lowest BCUT2D eigenvalue weighted by atomic mass is 10.1. The van der Waals surface area contributed by atoms with Crippen LogP contribution in [0.3, 0.4) is 0 Å². The Kier molecular flexibility index (Phi) is 5.90. The minimum Gasteiger partial charge on any atom is -0.467 e. The summed E-state index contributed by atoms with van der Waals surface area (Å²) < 4.78 is 5.23. The van der Waals surface area contributed by atoms with Crippen LogP contribution in [0.5, 0.6) is 0 Å². The average molecular weight is 410 g/mol. The lowest BCUT2D eigenvalue weighted by molar-refractivity contribution is -0.124. The molecule has 8 heteroatoms. The number of carbonyl (C=O) groups is 2. The van der Waals surface area contributed by atoms with E-state index in [0.29, 0.717) is 30.4 Å². The summed E-state index contributed by atoms with van der Waals surface area (Å²) >= 11 is 1.45. The molecule has 0 aliphatic carbocycles. The molecule has 4 rings (SSSR count). The van der Waals surface area contributed by atoms with Gasteiger partial charge in [-0.25, -0.2) is 9.78 Å². The van der Waals surface area contributed by atoms with Gasteiger partial charge in [0, 0.05) is 24.0 Å². The van der Waals surface area contributed by atoms with Crippen molar-refractivity contribution in [3.63, 3.8) is 0 Å². The third-order valence-corrected chi connectivity index (χ3v) is 5.73. The van der Waals surface area contributed by atoms with Gasteiger partial charge < -0.3 is 14.6 Å². The van der Waals surface area contributed by atoms with Gasteiger partial charge in [-0.2, -0.15) is 0 Å². The number of aromatic nitrogens is 1. The molecule has 2 N–H and O–H groups in total. The minimum atomic E-state index is -0.478. The maximum Gasteiger partial charge on any atom is 0.324 e. The zero-order chi connectivity index (χ0) is 20.1. The number of rotatable bonds is 6. The first kappa shape index (κ1) is 19.2. The molecule has 1 atom stereocenters. The van der Waals surface area contributed by atoms with Crippen LogP contribution in [0.15, 0.2) is 59.3 Å². The molecule has 0 bridgehead atoms. The van der Waals surface area contributed by atoms with E-state index < -0.39 is 6.04 Å². The van der Waals surface area contributed by atoms with Crippen LogP contribution in [0.2, 0.25) is 0 Å². The van der Waals surface area contributed by atoms with Crippen molar-refractivity contribution in [1.82, 2.24) is 15.2 Å². The van der Waals surface area contributed by atoms with Crippen molar-refractivity contribution in [1.29, 1.82) is 0 Å². The Morgan fingerprint density at radius 1 is 1.21 bits per heavy atom. The molecule has 3 amide bonds. The SMILES string of the molecule is O=C(NCc1ccco1)C1CCCN1C(=O)Nc1ncc(Cc2ccccc2)s1. The van der Waals surface area contributed by atoms with Crippen LogP contribution in [0.4, 0.5) is 9.93 Å². The Morgan fingerprint density at radius 3 is 2.86 bits per heavy atom. The largest absolute Gasteiger partial charge is 0.467 e. The lowest BCUT2D eigenvalue weighted by Crippen LogP contribution is -2.47. The van der Waals surface area contributed by atoms with E-state index in [1.54, 1.807) is 29.5 Å². The highest BCUT2D eigenvalue weighted by molar-refractivity contribution is 7.15. The predicted octanol–water partition coefficient (Wildman–Crippen LogP) is 3.64. The number of anilines is 1. The highest BCUT2D eigenvalue weighted by Gasteiger charge is 2.34. The number of nitrogens with zero attached hydrogens (tertiary/aromatic N) is 2. The summed E-state index contributed by atoms with van der Waals surface area (Å²) in [4.78, 5) is 32.2. The number of nitrogens with one attached hydrogen (secondary N) is 2. The van der Waals surface area contributed by atoms with Gasteiger partial charge in [-0.3, -0.25) is 10.1 Å². The quantitative estimate of drug-likeness (QED) is 0.649. The van der Waals surface area contributed by atoms with Gasteiger partial charge in [0.05, 0.1) is 12.8 Å². The maximum atomic E-state index is 12.7. The first-order valence-corrected chi connectivity index (χ1v) is 10.4. The third-order valence-electron chi connectivity index (χ3n) is 4.82. The van der Waals surface area contributed by atoms with Crippen LogP contribution in [0, 0.1) is 0 Å². The second-order valence-corrected chi connectivity index (χ2v) is 7.99. The molecule has 150 valence electrons. The summed E-state index contributed by atoms with van der Waals surface area (Å²) in [7, 11) is 0. The summed E-state index contributed by atoms with van der Waals surface area (Å²) in [6.07, 6.45) is 5.57. The molecular formula is C21H22N4O3S. The molecule has 1 aliphatic rings. The number of furan rings is 1. The second-order valence-electron chi connectivity index (χ2n) is 6.87. The summed E-state index contributed by atoms with van der Waals surface area (Å²) in [5.41, 5.74) is 1.20. The molecular weight excluding hydrogens is 388 g/mol. The molecule has 0 radical (unpaired) electrons. The van der Waals surface area contributed by atoms with Crippen LogP contribution < -0.4 is 10.6 Å². The zero-order valence-electron chi connectivity index (χ0n) is 15.8. The molecule has 1 aliphatic heterocycles. The van der Waals surface area contributed by atoms with E-state index in [0.717, 1.165) is 17.7 Å². The van der Waals surface area contributed by atoms with Crippen molar-refractivity contribution in [2.75, 3.05) is 11.9 Å². The zero-order valence-corrected chi connectivity index (χ0v) is 16.7. The summed E-state index contributed by atoms with van der Waals surface area (Å²) in [5.74, 6) is 0.513. The molecule has 3 aromatic rings. The van der Waals surface area contributed by atoms with Crippen molar-refractivity contribution in [3.8, 4) is 0 Å². The number of hydrogen-bond acceptors (Lipinski definition) is 5. The summed E-state index contributed by atoms with van der Waals surface area (Å²) in [6.45, 7) is 0.861. The van der Waals surface area contributed by atoms with Gasteiger partial charge in [-0.1, -0.05) is 30.3 Å². The fraction of sp³-hybridized carbons (Fsp3) is 0.286. The van der Waals surface area contributed by atoms with Gasteiger partial charge in [0.1, 0.15) is 11.8 Å². The lowest BCUT2D eigenvalue weighted by Gasteiger charge is -2.23. The van der Waals surface area contributed by atoms with E-state index in [1.807, 2.05) is 18.2 Å². The molecule has 1 unspecified atom stereocenters. The first-order chi connectivity index (χ1) is 14.2. The number of hydrogen-bond donors (Lipinski definition) is 2. The van der Waals surface area contributed by atoms with Crippen LogP contribution in [-0.2, 0) is 17.8 Å². The van der Waals surface area contributed by atoms with Crippen molar-refractivity contribution < 1.29 is 14.0 Å². The summed E-state index contributed by atoms with van der Waals surface area (Å²) in [6, 6.07) is 12.9. The average Bonchev–Trinajstić information content (AvgIpc) is 3.49. The Balaban J connectivity index is 1.33. The molecule has 0 saturated carbocycles. The Bertz CT molecular complexity index is 955. The van der Waals surface area contributed by atoms with Gasteiger partial charge >= 0.3 is 6.03 Å². The Labute approximate surface area is 172 Å². The van der Waals surface area contributed by atoms with Gasteiger partial charge in [0.25, 0.3) is 0 Å². The fourth-order valence-electron chi connectivity index (χ4n) is 3.39. The van der Waals surface area contributed by atoms with E-state index in [2.05, 4.69) is 27.8 Å². The van der Waals surface area contributed by atoms with Crippen LogP contribution >= 0.6 is 11.3 Å². The predicted molar refractivity (Wildman–Crippen MR) is 111 cm³/mol. The van der Waals surface area contributed by atoms with E-state index in [9.17, 15) is 9.59 Å². The standard InChI is InChI=1S/C21H22N4O3S/c26-19(22-13-16-8-5-11-28-16)18-9-4-10-25(18)21(27)24-20-23-14-17(29-20)12-15-6-2-1-3-7-15/h1-3,5-8,11,14,18H,4,9-10,12-13H2,(H,22,26)(H,23,24,27). The normalized spacial score (nSPS) is 16.0. The molecule has 2 aromatic heterocycles. The number of urea groups is 1. The topological polar surface area (TPSA) is 87.5 Å². The van der Waals surface area contributed by atoms with E-state index in [4.69, 9.17) is 4.42 Å². The van der Waals surface area contributed by atoms with E-state index in [1.165, 1.54) is 16.9 Å². The van der Waals surface area contributed by atoms with Gasteiger partial charge in [-0.05, 0) is 30.5 Å².